The number of halogens is 2. The van der Waals surface area contributed by atoms with Crippen LogP contribution in [0.3, 0.4) is 0 Å². The van der Waals surface area contributed by atoms with Crippen LogP contribution in [-0.2, 0) is 20.7 Å². The number of aliphatic hydroxyl groups excluding tert-OH is 1. The minimum Gasteiger partial charge on any atom is -0.481 e. The predicted octanol–water partition coefficient (Wildman–Crippen LogP) is 4.35. The van der Waals surface area contributed by atoms with Gasteiger partial charge < -0.3 is 25.0 Å². The van der Waals surface area contributed by atoms with Crippen LogP contribution in [0.4, 0.5) is 8.78 Å². The first-order chi connectivity index (χ1) is 20.2. The molecule has 1 unspecified atom stereocenters. The fraction of sp³-hybridized carbons (Fsp3) is 0.312. The van der Waals surface area contributed by atoms with Gasteiger partial charge in [0.15, 0.2) is 6.10 Å². The molecule has 0 saturated carbocycles. The number of hydrogen-bond donors (Lipinski definition) is 3. The standard InChI is InChI=1S/C28H30F2N2O.C4H6O5/c29-26-12-8-24(9-13-26)28(25-10-14-27(30)15-11-25)33-22-21-32-19-17-31(18-20-32)16-4-7-23-5-2-1-3-6-23;5-2(4(8)9)1-3(6)7/h1-6,8-16,28H,7,17-22H2;2,5H,1H2,(H,6,7)(H,8,9)/b16-4+;. The molecule has 4 rings (SSSR count). The van der Waals surface area contributed by atoms with Crippen LogP contribution in [0.1, 0.15) is 29.2 Å². The molecule has 3 aromatic carbocycles. The molecule has 0 amide bonds. The van der Waals surface area contributed by atoms with Crippen LogP contribution in [-0.4, -0.2) is 82.5 Å². The average molecular weight is 583 g/mol. The number of allylic oxidation sites excluding steroid dienone is 1. The molecule has 3 N–H and O–H groups in total. The highest BCUT2D eigenvalue weighted by atomic mass is 19.1. The summed E-state index contributed by atoms with van der Waals surface area (Å²) in [5, 5.41) is 24.1. The molecule has 1 saturated heterocycles. The van der Waals surface area contributed by atoms with Crippen molar-refractivity contribution >= 4 is 11.9 Å². The Morgan fingerprint density at radius 3 is 1.86 bits per heavy atom. The van der Waals surface area contributed by atoms with E-state index < -0.39 is 24.5 Å². The third-order valence-corrected chi connectivity index (χ3v) is 6.61. The van der Waals surface area contributed by atoms with E-state index in [4.69, 9.17) is 20.1 Å². The molecular weight excluding hydrogens is 546 g/mol. The molecule has 10 heteroatoms. The van der Waals surface area contributed by atoms with Crippen LogP contribution in [0.15, 0.2) is 91.1 Å². The van der Waals surface area contributed by atoms with Crippen molar-refractivity contribution in [3.8, 4) is 0 Å². The number of rotatable bonds is 12. The van der Waals surface area contributed by atoms with E-state index in [-0.39, 0.29) is 17.7 Å². The molecule has 0 radical (unpaired) electrons. The largest absolute Gasteiger partial charge is 0.481 e. The quantitative estimate of drug-likeness (QED) is 0.289. The van der Waals surface area contributed by atoms with Gasteiger partial charge in [-0.25, -0.2) is 13.6 Å². The maximum Gasteiger partial charge on any atom is 0.333 e. The first kappa shape index (κ1) is 32.4. The average Bonchev–Trinajstić information content (AvgIpc) is 2.98. The molecule has 1 heterocycles. The lowest BCUT2D eigenvalue weighted by Crippen LogP contribution is -2.45. The number of carbonyl (C=O) groups is 2. The monoisotopic (exact) mass is 582 g/mol. The number of piperazine rings is 1. The predicted molar refractivity (Wildman–Crippen MR) is 154 cm³/mol. The van der Waals surface area contributed by atoms with Gasteiger partial charge in [-0.15, -0.1) is 0 Å². The second-order valence-electron chi connectivity index (χ2n) is 9.76. The van der Waals surface area contributed by atoms with Crippen molar-refractivity contribution in [1.29, 1.82) is 0 Å². The van der Waals surface area contributed by atoms with E-state index in [1.165, 1.54) is 29.8 Å². The van der Waals surface area contributed by atoms with Crippen molar-refractivity contribution in [3.05, 3.63) is 119 Å². The molecule has 1 aliphatic rings. The van der Waals surface area contributed by atoms with E-state index in [0.717, 1.165) is 50.3 Å². The molecule has 224 valence electrons. The third kappa shape index (κ3) is 11.4. The van der Waals surface area contributed by atoms with Gasteiger partial charge in [-0.05, 0) is 53.6 Å². The van der Waals surface area contributed by atoms with Gasteiger partial charge in [-0.1, -0.05) is 60.7 Å². The Labute approximate surface area is 244 Å². The third-order valence-electron chi connectivity index (χ3n) is 6.61. The van der Waals surface area contributed by atoms with Gasteiger partial charge in [0, 0.05) is 32.7 Å². The molecule has 0 bridgehead atoms. The molecule has 42 heavy (non-hydrogen) atoms. The lowest BCUT2D eigenvalue weighted by atomic mass is 10.0. The van der Waals surface area contributed by atoms with Crippen LogP contribution < -0.4 is 0 Å². The van der Waals surface area contributed by atoms with Gasteiger partial charge in [0.05, 0.1) is 13.0 Å². The van der Waals surface area contributed by atoms with Crippen molar-refractivity contribution in [3.63, 3.8) is 0 Å². The summed E-state index contributed by atoms with van der Waals surface area (Å²) in [5.74, 6) is -3.41. The van der Waals surface area contributed by atoms with Gasteiger partial charge >= 0.3 is 11.9 Å². The maximum atomic E-state index is 13.4. The van der Waals surface area contributed by atoms with E-state index in [0.29, 0.717) is 6.61 Å². The highest BCUT2D eigenvalue weighted by molar-refractivity contribution is 5.79. The Hall–Kier alpha value is -4.12. The second-order valence-corrected chi connectivity index (χ2v) is 9.76. The van der Waals surface area contributed by atoms with E-state index in [1.54, 1.807) is 24.3 Å². The lowest BCUT2D eigenvalue weighted by Gasteiger charge is -2.34. The number of nitrogens with zero attached hydrogens (tertiary/aromatic N) is 2. The van der Waals surface area contributed by atoms with Gasteiger partial charge in [0.25, 0.3) is 0 Å². The Morgan fingerprint density at radius 2 is 1.38 bits per heavy atom. The molecular formula is C32H36F2N2O6. The number of carboxylic acids is 2. The molecule has 0 aliphatic carbocycles. The Kier molecular flexibility index (Phi) is 13.1. The van der Waals surface area contributed by atoms with Crippen molar-refractivity contribution in [2.75, 3.05) is 39.3 Å². The summed E-state index contributed by atoms with van der Waals surface area (Å²) in [7, 11) is 0. The summed E-state index contributed by atoms with van der Waals surface area (Å²) in [6, 6.07) is 23.1. The Bertz CT molecular complexity index is 1220. The van der Waals surface area contributed by atoms with E-state index in [2.05, 4.69) is 46.3 Å². The first-order valence-electron chi connectivity index (χ1n) is 13.6. The van der Waals surface area contributed by atoms with E-state index in [1.807, 2.05) is 6.07 Å². The molecule has 0 aromatic heterocycles. The zero-order valence-electron chi connectivity index (χ0n) is 23.2. The fourth-order valence-corrected chi connectivity index (χ4v) is 4.30. The highest BCUT2D eigenvalue weighted by Crippen LogP contribution is 2.26. The summed E-state index contributed by atoms with van der Waals surface area (Å²) < 4.78 is 33.0. The van der Waals surface area contributed by atoms with Gasteiger partial charge in [-0.3, -0.25) is 9.69 Å². The summed E-state index contributed by atoms with van der Waals surface area (Å²) >= 11 is 0. The van der Waals surface area contributed by atoms with Gasteiger partial charge in [-0.2, -0.15) is 0 Å². The second kappa shape index (κ2) is 17.0. The molecule has 1 atom stereocenters. The lowest BCUT2D eigenvalue weighted by molar-refractivity contribution is -0.152. The summed E-state index contributed by atoms with van der Waals surface area (Å²) in [6.07, 6.45) is 2.48. The van der Waals surface area contributed by atoms with E-state index in [9.17, 15) is 18.4 Å². The number of carboxylic acid groups (broad SMARTS) is 2. The van der Waals surface area contributed by atoms with Crippen molar-refractivity contribution in [1.82, 2.24) is 9.80 Å². The van der Waals surface area contributed by atoms with Crippen molar-refractivity contribution in [2.45, 2.75) is 25.0 Å². The summed E-state index contributed by atoms with van der Waals surface area (Å²) in [6.45, 7) is 5.31. The van der Waals surface area contributed by atoms with Crippen LogP contribution in [0.5, 0.6) is 0 Å². The van der Waals surface area contributed by atoms with Crippen LogP contribution in [0, 0.1) is 11.6 Å². The SMILES string of the molecule is Fc1ccc(C(OCCN2CCN(/C=C/Cc3ccccc3)CC2)c2ccc(F)cc2)cc1.O=C(O)CC(O)C(=O)O. The minimum absolute atomic E-state index is 0.285. The minimum atomic E-state index is -1.79. The Morgan fingerprint density at radius 1 is 0.833 bits per heavy atom. The molecule has 1 fully saturated rings. The zero-order chi connectivity index (χ0) is 30.3. The first-order valence-corrected chi connectivity index (χ1v) is 13.6. The fourth-order valence-electron chi connectivity index (χ4n) is 4.30. The van der Waals surface area contributed by atoms with E-state index >= 15 is 0 Å². The number of ether oxygens (including phenoxy) is 1. The van der Waals surface area contributed by atoms with Crippen molar-refractivity contribution in [2.24, 2.45) is 0 Å². The normalized spacial score (nSPS) is 14.4. The van der Waals surface area contributed by atoms with Crippen molar-refractivity contribution < 1.29 is 38.4 Å². The smallest absolute Gasteiger partial charge is 0.333 e. The van der Waals surface area contributed by atoms with Gasteiger partial charge in [0.1, 0.15) is 17.7 Å². The number of aliphatic hydroxyl groups is 1. The number of benzene rings is 3. The highest BCUT2D eigenvalue weighted by Gasteiger charge is 2.18. The number of hydrogen-bond acceptors (Lipinski definition) is 6. The van der Waals surface area contributed by atoms with Crippen LogP contribution in [0.25, 0.3) is 0 Å². The Balaban J connectivity index is 0.000000467. The maximum absolute atomic E-state index is 13.4. The molecule has 0 spiro atoms. The zero-order valence-corrected chi connectivity index (χ0v) is 23.2. The topological polar surface area (TPSA) is 111 Å². The van der Waals surface area contributed by atoms with Crippen LogP contribution >= 0.6 is 0 Å². The molecule has 3 aromatic rings. The molecule has 8 nitrogen and oxygen atoms in total. The molecule has 1 aliphatic heterocycles. The number of aliphatic carboxylic acids is 2. The summed E-state index contributed by atoms with van der Waals surface area (Å²) in [5.41, 5.74) is 3.04. The summed E-state index contributed by atoms with van der Waals surface area (Å²) in [4.78, 5) is 24.2. The van der Waals surface area contributed by atoms with Gasteiger partial charge in [0.2, 0.25) is 0 Å². The van der Waals surface area contributed by atoms with Crippen LogP contribution in [0.2, 0.25) is 0 Å².